The molecule has 1 aliphatic rings. The van der Waals surface area contributed by atoms with Gasteiger partial charge in [-0.3, -0.25) is 9.59 Å². The van der Waals surface area contributed by atoms with Gasteiger partial charge in [0.25, 0.3) is 0 Å². The molecule has 0 spiro atoms. The number of hydrogen-bond donors (Lipinski definition) is 0. The Balaban J connectivity index is 2.59. The van der Waals surface area contributed by atoms with Crippen molar-refractivity contribution in [3.8, 4) is 0 Å². The molecule has 1 fully saturated rings. The molecule has 11 heavy (non-hydrogen) atoms. The fraction of sp³-hybridized carbons (Fsp3) is 0.750. The Morgan fingerprint density at radius 3 is 2.55 bits per heavy atom. The lowest BCUT2D eigenvalue weighted by Gasteiger charge is -2.09. The molecule has 2 atom stereocenters. The molecule has 0 aliphatic heterocycles. The van der Waals surface area contributed by atoms with Gasteiger partial charge in [0.2, 0.25) is 0 Å². The summed E-state index contributed by atoms with van der Waals surface area (Å²) in [5.74, 6) is -0.0984. The van der Waals surface area contributed by atoms with E-state index in [-0.39, 0.29) is 23.6 Å². The molecule has 0 amide bonds. The Hall–Kier alpha value is -0.860. The second-order valence-electron chi connectivity index (χ2n) is 3.05. The summed E-state index contributed by atoms with van der Waals surface area (Å²) >= 11 is 0. The summed E-state index contributed by atoms with van der Waals surface area (Å²) in [5.41, 5.74) is 0. The van der Waals surface area contributed by atoms with Gasteiger partial charge in [0.1, 0.15) is 5.78 Å². The first kappa shape index (κ1) is 8.24. The quantitative estimate of drug-likeness (QED) is 0.527. The van der Waals surface area contributed by atoms with Crippen molar-refractivity contribution in [2.45, 2.75) is 19.8 Å². The van der Waals surface area contributed by atoms with Crippen LogP contribution in [0.4, 0.5) is 0 Å². The third-order valence-electron chi connectivity index (χ3n) is 2.19. The van der Waals surface area contributed by atoms with Crippen LogP contribution in [0.1, 0.15) is 19.8 Å². The minimum absolute atomic E-state index is 0.162. The van der Waals surface area contributed by atoms with Crippen LogP contribution in [0.2, 0.25) is 0 Å². The summed E-state index contributed by atoms with van der Waals surface area (Å²) in [5, 5.41) is 0. The molecule has 0 heterocycles. The van der Waals surface area contributed by atoms with Gasteiger partial charge in [-0.2, -0.15) is 0 Å². The van der Waals surface area contributed by atoms with Crippen molar-refractivity contribution in [1.29, 1.82) is 0 Å². The van der Waals surface area contributed by atoms with E-state index in [1.807, 2.05) is 6.92 Å². The zero-order chi connectivity index (χ0) is 8.43. The zero-order valence-electron chi connectivity index (χ0n) is 6.79. The average Bonchev–Trinajstić information content (AvgIpc) is 2.28. The van der Waals surface area contributed by atoms with Gasteiger partial charge in [-0.1, -0.05) is 6.92 Å². The summed E-state index contributed by atoms with van der Waals surface area (Å²) < 4.78 is 4.56. The van der Waals surface area contributed by atoms with Gasteiger partial charge in [0.15, 0.2) is 0 Å². The number of ether oxygens (including phenoxy) is 1. The first-order chi connectivity index (χ1) is 5.15. The average molecular weight is 156 g/mol. The molecule has 0 saturated heterocycles. The minimum Gasteiger partial charge on any atom is -0.469 e. The van der Waals surface area contributed by atoms with Crippen molar-refractivity contribution in [2.24, 2.45) is 11.8 Å². The maximum atomic E-state index is 11.0. The van der Waals surface area contributed by atoms with E-state index in [0.717, 1.165) is 0 Å². The van der Waals surface area contributed by atoms with E-state index >= 15 is 0 Å². The molecule has 0 aromatic heterocycles. The van der Waals surface area contributed by atoms with Crippen LogP contribution in [0.3, 0.4) is 0 Å². The summed E-state index contributed by atoms with van der Waals surface area (Å²) in [6.07, 6.45) is 0.896. The molecular weight excluding hydrogens is 144 g/mol. The fourth-order valence-corrected chi connectivity index (χ4v) is 1.50. The summed E-state index contributed by atoms with van der Waals surface area (Å²) in [6, 6.07) is 0. The predicted octanol–water partition coefficient (Wildman–Crippen LogP) is 0.775. The topological polar surface area (TPSA) is 43.4 Å². The van der Waals surface area contributed by atoms with Crippen LogP contribution in [0.5, 0.6) is 0 Å². The Morgan fingerprint density at radius 2 is 2.18 bits per heavy atom. The normalized spacial score (nSPS) is 30.5. The number of hydrogen-bond acceptors (Lipinski definition) is 3. The molecule has 0 N–H and O–H groups in total. The molecule has 0 aromatic carbocycles. The Kier molecular flexibility index (Phi) is 2.27. The maximum Gasteiger partial charge on any atom is 0.309 e. The number of carbonyl (C=O) groups excluding carboxylic acids is 2. The molecule has 3 nitrogen and oxygen atoms in total. The van der Waals surface area contributed by atoms with Crippen molar-refractivity contribution < 1.29 is 14.3 Å². The largest absolute Gasteiger partial charge is 0.469 e. The number of methoxy groups -OCH3 is 1. The van der Waals surface area contributed by atoms with Crippen LogP contribution in [-0.2, 0) is 14.3 Å². The summed E-state index contributed by atoms with van der Waals surface area (Å²) in [7, 11) is 1.36. The number of carbonyl (C=O) groups is 2. The van der Waals surface area contributed by atoms with Gasteiger partial charge in [-0.25, -0.2) is 0 Å². The first-order valence-corrected chi connectivity index (χ1v) is 3.74. The molecular formula is C8H12O3. The highest BCUT2D eigenvalue weighted by atomic mass is 16.5. The lowest BCUT2D eigenvalue weighted by Crippen LogP contribution is -2.18. The molecule has 1 rings (SSSR count). The van der Waals surface area contributed by atoms with Crippen LogP contribution >= 0.6 is 0 Å². The Morgan fingerprint density at radius 1 is 1.55 bits per heavy atom. The van der Waals surface area contributed by atoms with Crippen LogP contribution in [0, 0.1) is 11.8 Å². The lowest BCUT2D eigenvalue weighted by atomic mass is 9.99. The number of Topliss-reactive ketones (excluding diaryl/α,β-unsaturated/α-hetero) is 1. The monoisotopic (exact) mass is 156 g/mol. The van der Waals surface area contributed by atoms with Crippen molar-refractivity contribution in [2.75, 3.05) is 7.11 Å². The Bertz CT molecular complexity index is 186. The van der Waals surface area contributed by atoms with Crippen LogP contribution in [0.25, 0.3) is 0 Å². The highest BCUT2D eigenvalue weighted by molar-refractivity contribution is 5.88. The standard InChI is InChI=1S/C8H12O3/c1-5-3-6(9)4-7(5)8(10)11-2/h5,7H,3-4H2,1-2H3/t5-,7-/m1/s1. The lowest BCUT2D eigenvalue weighted by molar-refractivity contribution is -0.146. The van der Waals surface area contributed by atoms with E-state index in [1.54, 1.807) is 0 Å². The van der Waals surface area contributed by atoms with Crippen LogP contribution < -0.4 is 0 Å². The second-order valence-corrected chi connectivity index (χ2v) is 3.05. The molecule has 62 valence electrons. The SMILES string of the molecule is COC(=O)[C@@H]1CC(=O)C[C@H]1C. The van der Waals surface area contributed by atoms with E-state index in [0.29, 0.717) is 12.8 Å². The van der Waals surface area contributed by atoms with Gasteiger partial charge in [0.05, 0.1) is 13.0 Å². The van der Waals surface area contributed by atoms with Crippen molar-refractivity contribution >= 4 is 11.8 Å². The minimum atomic E-state index is -0.247. The van der Waals surface area contributed by atoms with Gasteiger partial charge in [-0.15, -0.1) is 0 Å². The second kappa shape index (κ2) is 3.03. The first-order valence-electron chi connectivity index (χ1n) is 3.74. The van der Waals surface area contributed by atoms with Gasteiger partial charge >= 0.3 is 5.97 Å². The number of rotatable bonds is 1. The van der Waals surface area contributed by atoms with E-state index in [1.165, 1.54) is 7.11 Å². The maximum absolute atomic E-state index is 11.0. The molecule has 0 bridgehead atoms. The third kappa shape index (κ3) is 1.59. The van der Waals surface area contributed by atoms with E-state index in [9.17, 15) is 9.59 Å². The number of esters is 1. The molecule has 0 aromatic rings. The summed E-state index contributed by atoms with van der Waals surface area (Å²) in [4.78, 5) is 21.9. The third-order valence-corrected chi connectivity index (χ3v) is 2.19. The van der Waals surface area contributed by atoms with E-state index < -0.39 is 0 Å². The smallest absolute Gasteiger partial charge is 0.309 e. The summed E-state index contributed by atoms with van der Waals surface area (Å²) in [6.45, 7) is 1.91. The Labute approximate surface area is 65.7 Å². The fourth-order valence-electron chi connectivity index (χ4n) is 1.50. The van der Waals surface area contributed by atoms with Gasteiger partial charge in [0, 0.05) is 12.8 Å². The molecule has 0 radical (unpaired) electrons. The zero-order valence-corrected chi connectivity index (χ0v) is 6.79. The van der Waals surface area contributed by atoms with Crippen molar-refractivity contribution in [3.63, 3.8) is 0 Å². The van der Waals surface area contributed by atoms with Gasteiger partial charge in [-0.05, 0) is 5.92 Å². The van der Waals surface area contributed by atoms with Crippen molar-refractivity contribution in [1.82, 2.24) is 0 Å². The highest BCUT2D eigenvalue weighted by Gasteiger charge is 2.35. The van der Waals surface area contributed by atoms with E-state index in [2.05, 4.69) is 4.74 Å². The van der Waals surface area contributed by atoms with Crippen LogP contribution in [0.15, 0.2) is 0 Å². The number of ketones is 1. The molecule has 0 unspecified atom stereocenters. The van der Waals surface area contributed by atoms with E-state index in [4.69, 9.17) is 0 Å². The van der Waals surface area contributed by atoms with Gasteiger partial charge < -0.3 is 4.74 Å². The molecule has 1 saturated carbocycles. The molecule has 3 heteroatoms. The van der Waals surface area contributed by atoms with Crippen molar-refractivity contribution in [3.05, 3.63) is 0 Å². The predicted molar refractivity (Wildman–Crippen MR) is 38.9 cm³/mol. The molecule has 1 aliphatic carbocycles. The highest BCUT2D eigenvalue weighted by Crippen LogP contribution is 2.29. The van der Waals surface area contributed by atoms with Crippen LogP contribution in [-0.4, -0.2) is 18.9 Å².